The van der Waals surface area contributed by atoms with Crippen molar-refractivity contribution in [3.63, 3.8) is 0 Å². The predicted molar refractivity (Wildman–Crippen MR) is 107 cm³/mol. The molecule has 0 heterocycles. The van der Waals surface area contributed by atoms with Crippen molar-refractivity contribution in [2.45, 2.75) is 13.5 Å². The highest BCUT2D eigenvalue weighted by Gasteiger charge is 2.15. The lowest BCUT2D eigenvalue weighted by atomic mass is 10.2. The maximum Gasteiger partial charge on any atom is 0.258 e. The lowest BCUT2D eigenvalue weighted by Gasteiger charge is -2.15. The van der Waals surface area contributed by atoms with Crippen LogP contribution in [-0.4, -0.2) is 33.3 Å². The van der Waals surface area contributed by atoms with E-state index in [0.717, 1.165) is 5.56 Å². The number of amides is 1. The van der Waals surface area contributed by atoms with Crippen LogP contribution in [0.4, 0.5) is 0 Å². The molecule has 1 N–H and O–H groups in total. The molecule has 2 rings (SSSR count). The summed E-state index contributed by atoms with van der Waals surface area (Å²) in [5, 5.41) is 11.9. The van der Waals surface area contributed by atoms with Crippen LogP contribution in [0.15, 0.2) is 34.8 Å². The molecule has 0 aliphatic carbocycles. The van der Waals surface area contributed by atoms with Crippen molar-refractivity contribution in [2.24, 2.45) is 0 Å². The van der Waals surface area contributed by atoms with Crippen LogP contribution in [0.25, 0.3) is 0 Å². The van der Waals surface area contributed by atoms with Crippen molar-refractivity contribution in [1.82, 2.24) is 5.32 Å². The lowest BCUT2D eigenvalue weighted by molar-refractivity contribution is -0.123. The number of carbonyl (C=O) groups is 1. The summed E-state index contributed by atoms with van der Waals surface area (Å²) in [6.07, 6.45) is 0. The number of hydrogen-bond acceptors (Lipinski definition) is 6. The normalized spacial score (nSPS) is 9.96. The fraction of sp³-hybridized carbons (Fsp3) is 0.300. The molecule has 0 radical (unpaired) electrons. The third-order valence-electron chi connectivity index (χ3n) is 3.75. The number of halogens is 1. The molecule has 0 fully saturated rings. The van der Waals surface area contributed by atoms with Crippen LogP contribution in [0, 0.1) is 11.3 Å². The molecule has 28 heavy (non-hydrogen) atoms. The third kappa shape index (κ3) is 5.30. The fourth-order valence-electron chi connectivity index (χ4n) is 2.51. The second kappa shape index (κ2) is 10.4. The zero-order valence-electron chi connectivity index (χ0n) is 15.9. The molecule has 0 aliphatic heterocycles. The molecule has 8 heteroatoms. The lowest BCUT2D eigenvalue weighted by Crippen LogP contribution is -2.28. The molecule has 0 bridgehead atoms. The molecule has 0 atom stereocenters. The van der Waals surface area contributed by atoms with E-state index in [0.29, 0.717) is 39.6 Å². The van der Waals surface area contributed by atoms with E-state index < -0.39 is 0 Å². The highest BCUT2D eigenvalue weighted by atomic mass is 79.9. The van der Waals surface area contributed by atoms with E-state index in [1.54, 1.807) is 32.4 Å². The van der Waals surface area contributed by atoms with E-state index in [1.165, 1.54) is 0 Å². The van der Waals surface area contributed by atoms with Crippen LogP contribution in [0.3, 0.4) is 0 Å². The smallest absolute Gasteiger partial charge is 0.258 e. The van der Waals surface area contributed by atoms with Crippen molar-refractivity contribution in [3.8, 4) is 29.1 Å². The van der Waals surface area contributed by atoms with Crippen LogP contribution < -0.4 is 24.3 Å². The van der Waals surface area contributed by atoms with Crippen LogP contribution >= 0.6 is 15.9 Å². The molecule has 1 amide bonds. The fourth-order valence-corrected chi connectivity index (χ4v) is 3.07. The largest absolute Gasteiger partial charge is 0.493 e. The van der Waals surface area contributed by atoms with Crippen molar-refractivity contribution >= 4 is 21.8 Å². The average molecular weight is 449 g/mol. The first kappa shape index (κ1) is 21.4. The molecular weight excluding hydrogens is 428 g/mol. The predicted octanol–water partition coefficient (Wildman–Crippen LogP) is 3.43. The van der Waals surface area contributed by atoms with E-state index in [2.05, 4.69) is 27.3 Å². The first-order chi connectivity index (χ1) is 13.5. The molecule has 0 saturated carbocycles. The Labute approximate surface area is 172 Å². The summed E-state index contributed by atoms with van der Waals surface area (Å²) < 4.78 is 22.3. The monoisotopic (exact) mass is 448 g/mol. The number of nitriles is 1. The number of hydrogen-bond donors (Lipinski definition) is 1. The van der Waals surface area contributed by atoms with Gasteiger partial charge in [-0.2, -0.15) is 5.26 Å². The third-order valence-corrected chi connectivity index (χ3v) is 4.34. The van der Waals surface area contributed by atoms with Gasteiger partial charge >= 0.3 is 0 Å². The molecular formula is C20H21BrN2O5. The van der Waals surface area contributed by atoms with Crippen molar-refractivity contribution in [3.05, 3.63) is 45.9 Å². The minimum Gasteiger partial charge on any atom is -0.493 e. The summed E-state index contributed by atoms with van der Waals surface area (Å²) in [4.78, 5) is 12.2. The Kier molecular flexibility index (Phi) is 7.96. The zero-order valence-corrected chi connectivity index (χ0v) is 17.5. The molecule has 148 valence electrons. The molecule has 0 spiro atoms. The summed E-state index contributed by atoms with van der Waals surface area (Å²) in [5.41, 5.74) is 1.21. The number of ether oxygens (including phenoxy) is 4. The number of nitrogens with zero attached hydrogens (tertiary/aromatic N) is 1. The first-order valence-electron chi connectivity index (χ1n) is 8.49. The van der Waals surface area contributed by atoms with Gasteiger partial charge in [0.05, 0.1) is 36.9 Å². The number of nitrogens with one attached hydrogen (secondary N) is 1. The number of rotatable bonds is 9. The molecule has 0 aromatic heterocycles. The van der Waals surface area contributed by atoms with Gasteiger partial charge in [-0.1, -0.05) is 12.1 Å². The standard InChI is InChI=1S/C20H21BrN2O5/c1-4-27-17-9-13(10-22)8-15(21)20(17)28-12-18(24)23-11-14-6-5-7-16(25-2)19(14)26-3/h5-9H,4,11-12H2,1-3H3,(H,23,24). The van der Waals surface area contributed by atoms with Crippen LogP contribution in [0.5, 0.6) is 23.0 Å². The van der Waals surface area contributed by atoms with Gasteiger partial charge in [-0.15, -0.1) is 0 Å². The number of benzene rings is 2. The van der Waals surface area contributed by atoms with Gasteiger partial charge in [0.25, 0.3) is 5.91 Å². The van der Waals surface area contributed by atoms with Gasteiger partial charge in [0, 0.05) is 18.2 Å². The Balaban J connectivity index is 2.03. The highest BCUT2D eigenvalue weighted by molar-refractivity contribution is 9.10. The topological polar surface area (TPSA) is 89.8 Å². The minimum absolute atomic E-state index is 0.211. The van der Waals surface area contributed by atoms with Gasteiger partial charge in [-0.05, 0) is 35.0 Å². The Morgan fingerprint density at radius 2 is 1.93 bits per heavy atom. The zero-order chi connectivity index (χ0) is 20.5. The maximum atomic E-state index is 12.2. The van der Waals surface area contributed by atoms with Gasteiger partial charge < -0.3 is 24.3 Å². The quantitative estimate of drug-likeness (QED) is 0.631. The van der Waals surface area contributed by atoms with Gasteiger partial charge in [0.2, 0.25) is 0 Å². The molecule has 7 nitrogen and oxygen atoms in total. The van der Waals surface area contributed by atoms with Gasteiger partial charge in [0.15, 0.2) is 29.6 Å². The second-order valence-electron chi connectivity index (χ2n) is 5.55. The van der Waals surface area contributed by atoms with Gasteiger partial charge in [-0.3, -0.25) is 4.79 Å². The molecule has 0 unspecified atom stereocenters. The van der Waals surface area contributed by atoms with Gasteiger partial charge in [-0.25, -0.2) is 0 Å². The van der Waals surface area contributed by atoms with Crippen LogP contribution in [-0.2, 0) is 11.3 Å². The molecule has 2 aromatic carbocycles. The summed E-state index contributed by atoms with van der Waals surface area (Å²) in [7, 11) is 3.10. The van der Waals surface area contributed by atoms with Crippen LogP contribution in [0.2, 0.25) is 0 Å². The number of para-hydroxylation sites is 1. The molecule has 0 aliphatic rings. The van der Waals surface area contributed by atoms with E-state index in [4.69, 9.17) is 24.2 Å². The highest BCUT2D eigenvalue weighted by Crippen LogP contribution is 2.36. The number of methoxy groups -OCH3 is 2. The van der Waals surface area contributed by atoms with Crippen molar-refractivity contribution in [1.29, 1.82) is 5.26 Å². The summed E-state index contributed by atoms with van der Waals surface area (Å²) >= 11 is 3.35. The number of carbonyl (C=O) groups excluding carboxylic acids is 1. The van der Waals surface area contributed by atoms with E-state index >= 15 is 0 Å². The summed E-state index contributed by atoms with van der Waals surface area (Å²) in [6.45, 7) is 2.27. The average Bonchev–Trinajstić information content (AvgIpc) is 2.71. The first-order valence-corrected chi connectivity index (χ1v) is 9.29. The Morgan fingerprint density at radius 1 is 1.14 bits per heavy atom. The van der Waals surface area contributed by atoms with E-state index in [-0.39, 0.29) is 19.1 Å². The Hall–Kier alpha value is -2.92. The minimum atomic E-state index is -0.316. The second-order valence-corrected chi connectivity index (χ2v) is 6.40. The van der Waals surface area contributed by atoms with Crippen molar-refractivity contribution in [2.75, 3.05) is 27.4 Å². The summed E-state index contributed by atoms with van der Waals surface area (Å²) in [5.74, 6) is 1.61. The molecule has 2 aromatic rings. The SMILES string of the molecule is CCOc1cc(C#N)cc(Br)c1OCC(=O)NCc1cccc(OC)c1OC. The molecule has 0 saturated heterocycles. The van der Waals surface area contributed by atoms with E-state index in [9.17, 15) is 4.79 Å². The Bertz CT molecular complexity index is 880. The summed E-state index contributed by atoms with van der Waals surface area (Å²) in [6, 6.07) is 10.7. The van der Waals surface area contributed by atoms with Gasteiger partial charge in [0.1, 0.15) is 0 Å². The van der Waals surface area contributed by atoms with Crippen LogP contribution in [0.1, 0.15) is 18.1 Å². The Morgan fingerprint density at radius 3 is 2.57 bits per heavy atom. The maximum absolute atomic E-state index is 12.2. The van der Waals surface area contributed by atoms with Crippen molar-refractivity contribution < 1.29 is 23.7 Å². The van der Waals surface area contributed by atoms with E-state index in [1.807, 2.05) is 19.1 Å².